The molecule has 0 amide bonds. The summed E-state index contributed by atoms with van der Waals surface area (Å²) >= 11 is 0. The molecule has 0 rings (SSSR count). The lowest BCUT2D eigenvalue weighted by atomic mass is 9.90. The average Bonchev–Trinajstić information content (AvgIpc) is 2.32. The summed E-state index contributed by atoms with van der Waals surface area (Å²) in [6.45, 7) is 12.9. The highest BCUT2D eigenvalue weighted by Gasteiger charge is 2.24. The second-order valence-corrected chi connectivity index (χ2v) is 4.06. The van der Waals surface area contributed by atoms with Crippen LogP contribution in [0.3, 0.4) is 0 Å². The highest BCUT2D eigenvalue weighted by Crippen LogP contribution is 2.19. The van der Waals surface area contributed by atoms with Crippen LogP contribution >= 0.6 is 0 Å². The number of rotatable bonds is 10. The van der Waals surface area contributed by atoms with Crippen molar-refractivity contribution in [2.45, 2.75) is 65.7 Å². The van der Waals surface area contributed by atoms with E-state index in [1.54, 1.807) is 0 Å². The van der Waals surface area contributed by atoms with E-state index >= 15 is 0 Å². The van der Waals surface area contributed by atoms with Gasteiger partial charge in [-0.25, -0.2) is 0 Å². The van der Waals surface area contributed by atoms with Gasteiger partial charge in [0.15, 0.2) is 6.29 Å². The molecule has 0 aliphatic carbocycles. The molecule has 0 spiro atoms. The molecule has 0 aromatic rings. The minimum absolute atomic E-state index is 0.112. The molecule has 0 atom stereocenters. The zero-order valence-corrected chi connectivity index (χ0v) is 11.6. The van der Waals surface area contributed by atoms with Gasteiger partial charge in [-0.3, -0.25) is 0 Å². The molecule has 3 nitrogen and oxygen atoms in total. The fraction of sp³-hybridized carbons (Fsp3) is 1.00. The third-order valence-corrected chi connectivity index (χ3v) is 3.38. The molecule has 98 valence electrons. The molecule has 0 aromatic carbocycles. The summed E-state index contributed by atoms with van der Waals surface area (Å²) in [5, 5.41) is 3.60. The van der Waals surface area contributed by atoms with Crippen molar-refractivity contribution in [2.75, 3.05) is 19.8 Å². The maximum Gasteiger partial charge on any atom is 0.169 e. The third kappa shape index (κ3) is 5.28. The molecule has 0 heterocycles. The highest BCUT2D eigenvalue weighted by atomic mass is 16.7. The smallest absolute Gasteiger partial charge is 0.169 e. The summed E-state index contributed by atoms with van der Waals surface area (Å²) in [4.78, 5) is 0. The van der Waals surface area contributed by atoms with Crippen molar-refractivity contribution in [3.63, 3.8) is 0 Å². The lowest BCUT2D eigenvalue weighted by Crippen LogP contribution is -2.47. The average molecular weight is 231 g/mol. The quantitative estimate of drug-likeness (QED) is 0.586. The summed E-state index contributed by atoms with van der Waals surface area (Å²) in [6, 6.07) is 0. The van der Waals surface area contributed by atoms with Gasteiger partial charge in [0.1, 0.15) is 0 Å². The van der Waals surface area contributed by atoms with E-state index < -0.39 is 0 Å². The molecule has 0 fully saturated rings. The molecule has 3 heteroatoms. The molecule has 0 radical (unpaired) electrons. The van der Waals surface area contributed by atoms with Crippen molar-refractivity contribution in [1.29, 1.82) is 0 Å². The molecular weight excluding hydrogens is 202 g/mol. The van der Waals surface area contributed by atoms with Gasteiger partial charge in [-0.2, -0.15) is 0 Å². The van der Waals surface area contributed by atoms with Crippen LogP contribution < -0.4 is 5.32 Å². The van der Waals surface area contributed by atoms with Crippen molar-refractivity contribution in [1.82, 2.24) is 5.32 Å². The number of hydrogen-bond acceptors (Lipinski definition) is 3. The van der Waals surface area contributed by atoms with Gasteiger partial charge < -0.3 is 14.8 Å². The molecule has 0 bridgehead atoms. The van der Waals surface area contributed by atoms with Crippen LogP contribution in [0.2, 0.25) is 0 Å². The van der Waals surface area contributed by atoms with Crippen LogP contribution in [0, 0.1) is 0 Å². The van der Waals surface area contributed by atoms with Crippen LogP contribution in [0.15, 0.2) is 0 Å². The van der Waals surface area contributed by atoms with Crippen molar-refractivity contribution < 1.29 is 9.47 Å². The van der Waals surface area contributed by atoms with Gasteiger partial charge in [0.25, 0.3) is 0 Å². The van der Waals surface area contributed by atoms with Crippen molar-refractivity contribution in [3.8, 4) is 0 Å². The van der Waals surface area contributed by atoms with Crippen LogP contribution in [-0.4, -0.2) is 31.6 Å². The van der Waals surface area contributed by atoms with Crippen LogP contribution in [-0.2, 0) is 9.47 Å². The van der Waals surface area contributed by atoms with Gasteiger partial charge in [-0.1, -0.05) is 20.8 Å². The fourth-order valence-corrected chi connectivity index (χ4v) is 1.96. The summed E-state index contributed by atoms with van der Waals surface area (Å²) < 4.78 is 11.1. The Bertz CT molecular complexity index is 144. The Morgan fingerprint density at radius 1 is 0.875 bits per heavy atom. The first kappa shape index (κ1) is 15.9. The third-order valence-electron chi connectivity index (χ3n) is 3.38. The summed E-state index contributed by atoms with van der Waals surface area (Å²) in [5.74, 6) is 0. The lowest BCUT2D eigenvalue weighted by molar-refractivity contribution is -0.135. The predicted molar refractivity (Wildman–Crippen MR) is 68.6 cm³/mol. The van der Waals surface area contributed by atoms with Gasteiger partial charge >= 0.3 is 0 Å². The van der Waals surface area contributed by atoms with E-state index in [4.69, 9.17) is 9.47 Å². The van der Waals surface area contributed by atoms with Crippen molar-refractivity contribution >= 4 is 0 Å². The summed E-state index contributed by atoms with van der Waals surface area (Å²) in [5.41, 5.74) is 0.243. The van der Waals surface area contributed by atoms with E-state index in [9.17, 15) is 0 Å². The number of ether oxygens (including phenoxy) is 2. The van der Waals surface area contributed by atoms with E-state index in [0.717, 1.165) is 25.8 Å². The Hall–Kier alpha value is -0.120. The van der Waals surface area contributed by atoms with Gasteiger partial charge in [0, 0.05) is 25.3 Å². The molecule has 1 N–H and O–H groups in total. The lowest BCUT2D eigenvalue weighted by Gasteiger charge is -2.33. The SMILES string of the molecule is CCOC(CNC(CC)(CC)CC)OCC. The molecule has 0 aliphatic heterocycles. The van der Waals surface area contributed by atoms with Crippen LogP contribution in [0.25, 0.3) is 0 Å². The summed E-state index contributed by atoms with van der Waals surface area (Å²) in [7, 11) is 0. The van der Waals surface area contributed by atoms with Crippen molar-refractivity contribution in [3.05, 3.63) is 0 Å². The topological polar surface area (TPSA) is 30.5 Å². The molecular formula is C13H29NO2. The molecule has 0 unspecified atom stereocenters. The van der Waals surface area contributed by atoms with E-state index in [-0.39, 0.29) is 11.8 Å². The Labute approximate surface area is 101 Å². The maximum absolute atomic E-state index is 5.53. The Morgan fingerprint density at radius 3 is 1.62 bits per heavy atom. The minimum atomic E-state index is -0.112. The van der Waals surface area contributed by atoms with Gasteiger partial charge in [-0.05, 0) is 33.1 Å². The zero-order valence-electron chi connectivity index (χ0n) is 11.6. The van der Waals surface area contributed by atoms with Crippen LogP contribution in [0.4, 0.5) is 0 Å². The van der Waals surface area contributed by atoms with E-state index in [0.29, 0.717) is 13.2 Å². The Balaban J connectivity index is 4.13. The first-order chi connectivity index (χ1) is 7.67. The Kier molecular flexibility index (Phi) is 8.90. The highest BCUT2D eigenvalue weighted by molar-refractivity contribution is 4.83. The maximum atomic E-state index is 5.53. The second kappa shape index (κ2) is 8.97. The molecule has 0 aromatic heterocycles. The monoisotopic (exact) mass is 231 g/mol. The minimum Gasteiger partial charge on any atom is -0.352 e. The predicted octanol–water partition coefficient (Wildman–Crippen LogP) is 2.94. The van der Waals surface area contributed by atoms with Gasteiger partial charge in [0.05, 0.1) is 0 Å². The summed E-state index contributed by atoms with van der Waals surface area (Å²) in [6.07, 6.45) is 3.32. The zero-order chi connectivity index (χ0) is 12.4. The van der Waals surface area contributed by atoms with Crippen LogP contribution in [0.5, 0.6) is 0 Å². The first-order valence-corrected chi connectivity index (χ1v) is 6.66. The largest absolute Gasteiger partial charge is 0.352 e. The van der Waals surface area contributed by atoms with Crippen molar-refractivity contribution in [2.24, 2.45) is 0 Å². The van der Waals surface area contributed by atoms with E-state index in [1.807, 2.05) is 13.8 Å². The molecule has 0 aliphatic rings. The van der Waals surface area contributed by atoms with E-state index in [1.165, 1.54) is 0 Å². The Morgan fingerprint density at radius 2 is 1.31 bits per heavy atom. The normalized spacial score (nSPS) is 12.4. The molecule has 0 saturated carbocycles. The first-order valence-electron chi connectivity index (χ1n) is 6.66. The fourth-order valence-electron chi connectivity index (χ4n) is 1.96. The second-order valence-electron chi connectivity index (χ2n) is 4.06. The standard InChI is InChI=1S/C13H29NO2/c1-6-13(7-2,8-3)14-11-12(15-9-4)16-10-5/h12,14H,6-11H2,1-5H3. The molecule has 0 saturated heterocycles. The van der Waals surface area contributed by atoms with Gasteiger partial charge in [-0.15, -0.1) is 0 Å². The molecule has 16 heavy (non-hydrogen) atoms. The van der Waals surface area contributed by atoms with Gasteiger partial charge in [0.2, 0.25) is 0 Å². The van der Waals surface area contributed by atoms with E-state index in [2.05, 4.69) is 26.1 Å². The van der Waals surface area contributed by atoms with Crippen LogP contribution in [0.1, 0.15) is 53.9 Å². The number of hydrogen-bond donors (Lipinski definition) is 1. The number of nitrogens with one attached hydrogen (secondary N) is 1.